The molecule has 20 heavy (non-hydrogen) atoms. The topological polar surface area (TPSA) is 65.3 Å². The monoisotopic (exact) mass is 464 g/mol. The van der Waals surface area contributed by atoms with Gasteiger partial charge in [0.2, 0.25) is 5.88 Å². The lowest BCUT2D eigenvalue weighted by Crippen LogP contribution is -1.94. The van der Waals surface area contributed by atoms with Crippen molar-refractivity contribution in [1.29, 1.82) is 0 Å². The molecule has 104 valence electrons. The van der Waals surface area contributed by atoms with Crippen molar-refractivity contribution in [3.8, 4) is 11.6 Å². The predicted octanol–water partition coefficient (Wildman–Crippen LogP) is 5.38. The number of nitro benzene ring substituents is 1. The minimum Gasteiger partial charge on any atom is -0.435 e. The first-order valence-corrected chi connectivity index (χ1v) is 7.70. The van der Waals surface area contributed by atoms with Gasteiger partial charge in [0.05, 0.1) is 18.3 Å². The Balaban J connectivity index is 2.41. The third-order valence-electron chi connectivity index (χ3n) is 2.34. The van der Waals surface area contributed by atoms with Gasteiger partial charge in [-0.1, -0.05) is 0 Å². The Morgan fingerprint density at radius 1 is 1.15 bits per heavy atom. The number of hydrogen-bond acceptors (Lipinski definition) is 4. The molecule has 1 aromatic heterocycles. The predicted molar refractivity (Wildman–Crippen MR) is 85.2 cm³/mol. The zero-order chi connectivity index (χ0) is 14.9. The van der Waals surface area contributed by atoms with Gasteiger partial charge in [-0.05, 0) is 66.3 Å². The number of halogens is 3. The molecule has 0 bridgehead atoms. The van der Waals surface area contributed by atoms with Gasteiger partial charge in [0.25, 0.3) is 5.69 Å². The van der Waals surface area contributed by atoms with Gasteiger partial charge < -0.3 is 4.74 Å². The van der Waals surface area contributed by atoms with E-state index in [0.29, 0.717) is 25.0 Å². The highest BCUT2D eigenvalue weighted by molar-refractivity contribution is 9.11. The molecule has 0 spiro atoms. The van der Waals surface area contributed by atoms with Crippen LogP contribution in [0.15, 0.2) is 37.8 Å². The number of aryl methyl sites for hydroxylation is 1. The van der Waals surface area contributed by atoms with E-state index in [2.05, 4.69) is 52.8 Å². The maximum atomic E-state index is 10.8. The van der Waals surface area contributed by atoms with Crippen LogP contribution >= 0.6 is 47.8 Å². The minimum absolute atomic E-state index is 0.0352. The smallest absolute Gasteiger partial charge is 0.271 e. The van der Waals surface area contributed by atoms with E-state index in [0.717, 1.165) is 5.56 Å². The summed E-state index contributed by atoms with van der Waals surface area (Å²) in [6.07, 6.45) is 1.67. The Hall–Kier alpha value is -0.990. The first-order chi connectivity index (χ1) is 9.38. The highest BCUT2D eigenvalue weighted by Crippen LogP contribution is 2.40. The van der Waals surface area contributed by atoms with Gasteiger partial charge in [0.15, 0.2) is 5.75 Å². The second-order valence-corrected chi connectivity index (χ2v) is 6.46. The molecule has 2 aromatic rings. The zero-order valence-electron chi connectivity index (χ0n) is 10.1. The number of aromatic nitrogens is 1. The Morgan fingerprint density at radius 3 is 2.25 bits per heavy atom. The van der Waals surface area contributed by atoms with Gasteiger partial charge in [0, 0.05) is 18.3 Å². The number of benzene rings is 1. The lowest BCUT2D eigenvalue weighted by molar-refractivity contribution is -0.385. The lowest BCUT2D eigenvalue weighted by Gasteiger charge is -2.10. The van der Waals surface area contributed by atoms with E-state index in [-0.39, 0.29) is 5.69 Å². The van der Waals surface area contributed by atoms with Crippen LogP contribution in [0.1, 0.15) is 5.56 Å². The summed E-state index contributed by atoms with van der Waals surface area (Å²) in [5, 5.41) is 10.8. The molecule has 1 heterocycles. The van der Waals surface area contributed by atoms with Crippen LogP contribution in [-0.2, 0) is 0 Å². The molecule has 1 aromatic carbocycles. The molecule has 0 fully saturated rings. The maximum absolute atomic E-state index is 10.8. The van der Waals surface area contributed by atoms with E-state index < -0.39 is 4.92 Å². The number of nitrogens with zero attached hydrogens (tertiary/aromatic N) is 2. The van der Waals surface area contributed by atoms with Crippen LogP contribution in [0.5, 0.6) is 11.6 Å². The Bertz CT molecular complexity index is 669. The Morgan fingerprint density at radius 2 is 1.75 bits per heavy atom. The summed E-state index contributed by atoms with van der Waals surface area (Å²) < 4.78 is 7.32. The van der Waals surface area contributed by atoms with Crippen molar-refractivity contribution in [2.24, 2.45) is 0 Å². The Labute approximate surface area is 139 Å². The van der Waals surface area contributed by atoms with Gasteiger partial charge >= 0.3 is 0 Å². The van der Waals surface area contributed by atoms with Gasteiger partial charge in [-0.2, -0.15) is 0 Å². The zero-order valence-corrected chi connectivity index (χ0v) is 14.8. The van der Waals surface area contributed by atoms with E-state index in [1.165, 1.54) is 12.1 Å². The van der Waals surface area contributed by atoms with Crippen molar-refractivity contribution in [1.82, 2.24) is 4.98 Å². The molecular formula is C12H7Br3N2O3. The SMILES string of the molecule is Cc1cnc(Oc2c(Br)cc([N+](=O)[O-])cc2Br)c(Br)c1. The summed E-state index contributed by atoms with van der Waals surface area (Å²) >= 11 is 9.89. The van der Waals surface area contributed by atoms with Crippen molar-refractivity contribution in [2.75, 3.05) is 0 Å². The molecule has 0 saturated carbocycles. The molecule has 5 nitrogen and oxygen atoms in total. The molecule has 0 N–H and O–H groups in total. The quantitative estimate of drug-likeness (QED) is 0.450. The first kappa shape index (κ1) is 15.4. The van der Waals surface area contributed by atoms with E-state index in [1.807, 2.05) is 13.0 Å². The van der Waals surface area contributed by atoms with E-state index in [4.69, 9.17) is 4.74 Å². The molecule has 0 saturated heterocycles. The summed E-state index contributed by atoms with van der Waals surface area (Å²) in [5.74, 6) is 0.804. The minimum atomic E-state index is -0.473. The molecule has 0 aliphatic heterocycles. The average Bonchev–Trinajstić information content (AvgIpc) is 2.35. The number of non-ortho nitro benzene ring substituents is 1. The number of pyridine rings is 1. The van der Waals surface area contributed by atoms with Crippen LogP contribution < -0.4 is 4.74 Å². The second kappa shape index (κ2) is 6.19. The van der Waals surface area contributed by atoms with Crippen molar-refractivity contribution in [3.63, 3.8) is 0 Å². The fourth-order valence-electron chi connectivity index (χ4n) is 1.44. The number of nitro groups is 1. The van der Waals surface area contributed by atoms with Gasteiger partial charge in [0.1, 0.15) is 0 Å². The standard InChI is InChI=1S/C12H7Br3N2O3/c1-6-2-10(15)12(16-5-6)20-11-8(13)3-7(17(18)19)4-9(11)14/h2-5H,1H3. The summed E-state index contributed by atoms with van der Waals surface area (Å²) in [6, 6.07) is 4.62. The highest BCUT2D eigenvalue weighted by Gasteiger charge is 2.17. The van der Waals surface area contributed by atoms with Crippen molar-refractivity contribution < 1.29 is 9.66 Å². The first-order valence-electron chi connectivity index (χ1n) is 5.32. The van der Waals surface area contributed by atoms with E-state index in [1.54, 1.807) is 6.20 Å². The summed E-state index contributed by atoms with van der Waals surface area (Å²) in [6.45, 7) is 1.92. The van der Waals surface area contributed by atoms with Crippen molar-refractivity contribution >= 4 is 53.5 Å². The molecular weight excluding hydrogens is 460 g/mol. The van der Waals surface area contributed by atoms with Gasteiger partial charge in [-0.3, -0.25) is 10.1 Å². The average molecular weight is 467 g/mol. The summed E-state index contributed by atoms with van der Waals surface area (Å²) in [5.41, 5.74) is 0.957. The van der Waals surface area contributed by atoms with E-state index >= 15 is 0 Å². The van der Waals surface area contributed by atoms with Crippen LogP contribution in [0.2, 0.25) is 0 Å². The molecule has 2 rings (SSSR count). The van der Waals surface area contributed by atoms with Crippen molar-refractivity contribution in [3.05, 3.63) is 53.5 Å². The van der Waals surface area contributed by atoms with Crippen LogP contribution in [-0.4, -0.2) is 9.91 Å². The van der Waals surface area contributed by atoms with Crippen LogP contribution in [0.4, 0.5) is 5.69 Å². The van der Waals surface area contributed by atoms with Crippen LogP contribution in [0.25, 0.3) is 0 Å². The molecule has 0 amide bonds. The maximum Gasteiger partial charge on any atom is 0.271 e. The second-order valence-electron chi connectivity index (χ2n) is 3.90. The van der Waals surface area contributed by atoms with Crippen LogP contribution in [0.3, 0.4) is 0 Å². The van der Waals surface area contributed by atoms with Crippen LogP contribution in [0, 0.1) is 17.0 Å². The fraction of sp³-hybridized carbons (Fsp3) is 0.0833. The normalized spacial score (nSPS) is 10.4. The molecule has 0 radical (unpaired) electrons. The van der Waals surface area contributed by atoms with Crippen molar-refractivity contribution in [2.45, 2.75) is 6.92 Å². The molecule has 0 aliphatic rings. The molecule has 0 unspecified atom stereocenters. The van der Waals surface area contributed by atoms with Gasteiger partial charge in [-0.25, -0.2) is 4.98 Å². The van der Waals surface area contributed by atoms with Gasteiger partial charge in [-0.15, -0.1) is 0 Å². The highest BCUT2D eigenvalue weighted by atomic mass is 79.9. The summed E-state index contributed by atoms with van der Waals surface area (Å²) in [4.78, 5) is 14.5. The third kappa shape index (κ3) is 3.36. The van der Waals surface area contributed by atoms with E-state index in [9.17, 15) is 10.1 Å². The molecule has 8 heteroatoms. The number of hydrogen-bond donors (Lipinski definition) is 0. The molecule has 0 atom stereocenters. The number of ether oxygens (including phenoxy) is 1. The number of rotatable bonds is 3. The summed E-state index contributed by atoms with van der Waals surface area (Å²) in [7, 11) is 0. The lowest BCUT2D eigenvalue weighted by atomic mass is 10.3. The molecule has 0 aliphatic carbocycles. The third-order valence-corrected chi connectivity index (χ3v) is 4.08. The fourth-order valence-corrected chi connectivity index (χ4v) is 3.31. The largest absolute Gasteiger partial charge is 0.435 e. The Kier molecular flexibility index (Phi) is 4.77.